The van der Waals surface area contributed by atoms with E-state index in [9.17, 15) is 28.5 Å². The summed E-state index contributed by atoms with van der Waals surface area (Å²) in [7, 11) is 0. The Kier molecular flexibility index (Phi) is 7.13. The molecule has 0 unspecified atom stereocenters. The minimum absolute atomic E-state index is 0.00254. The molecule has 0 aliphatic carbocycles. The third kappa shape index (κ3) is 6.22. The van der Waals surface area contributed by atoms with Gasteiger partial charge in [0, 0.05) is 22.2 Å². The molecular formula is C16H13F2N3O4S2. The van der Waals surface area contributed by atoms with Gasteiger partial charge in [0.1, 0.15) is 0 Å². The maximum atomic E-state index is 12.3. The molecule has 0 aromatic heterocycles. The third-order valence-corrected chi connectivity index (χ3v) is 4.95. The van der Waals surface area contributed by atoms with Crippen molar-refractivity contribution in [2.24, 2.45) is 5.73 Å². The average molecular weight is 413 g/mol. The Labute approximate surface area is 160 Å². The number of nitrogens with zero attached hydrogens (tertiary/aromatic N) is 1. The van der Waals surface area contributed by atoms with Crippen LogP contribution in [0.2, 0.25) is 0 Å². The number of nitrogens with one attached hydrogen (secondary N) is 1. The molecule has 0 bridgehead atoms. The number of alkyl halides is 2. The molecule has 0 aliphatic heterocycles. The summed E-state index contributed by atoms with van der Waals surface area (Å²) in [4.78, 5) is 34.2. The van der Waals surface area contributed by atoms with Crippen LogP contribution < -0.4 is 11.1 Å². The molecule has 142 valence electrons. The number of thioether (sulfide) groups is 2. The van der Waals surface area contributed by atoms with Gasteiger partial charge in [0.05, 0.1) is 15.6 Å². The molecule has 7 nitrogen and oxygen atoms in total. The maximum Gasteiger partial charge on any atom is 0.288 e. The molecule has 0 heterocycles. The van der Waals surface area contributed by atoms with Gasteiger partial charge in [-0.05, 0) is 36.4 Å². The van der Waals surface area contributed by atoms with Crippen molar-refractivity contribution >= 4 is 46.7 Å². The van der Waals surface area contributed by atoms with E-state index < -0.39 is 22.5 Å². The Morgan fingerprint density at radius 2 is 1.85 bits per heavy atom. The van der Waals surface area contributed by atoms with E-state index in [2.05, 4.69) is 5.32 Å². The first-order valence-corrected chi connectivity index (χ1v) is 9.18. The predicted octanol–water partition coefficient (Wildman–Crippen LogP) is 3.74. The predicted molar refractivity (Wildman–Crippen MR) is 99.3 cm³/mol. The lowest BCUT2D eigenvalue weighted by atomic mass is 10.2. The maximum absolute atomic E-state index is 12.3. The minimum Gasteiger partial charge on any atom is -0.366 e. The molecule has 2 aromatic rings. The first-order chi connectivity index (χ1) is 12.8. The van der Waals surface area contributed by atoms with Crippen molar-refractivity contribution in [3.05, 3.63) is 58.1 Å². The molecule has 0 saturated carbocycles. The van der Waals surface area contributed by atoms with Crippen molar-refractivity contribution in [3.8, 4) is 0 Å². The largest absolute Gasteiger partial charge is 0.366 e. The molecule has 11 heteroatoms. The third-order valence-electron chi connectivity index (χ3n) is 3.16. The van der Waals surface area contributed by atoms with Gasteiger partial charge in [-0.3, -0.25) is 19.7 Å². The Morgan fingerprint density at radius 3 is 2.41 bits per heavy atom. The van der Waals surface area contributed by atoms with Crippen LogP contribution in [0.1, 0.15) is 10.4 Å². The fourth-order valence-electron chi connectivity index (χ4n) is 2.00. The lowest BCUT2D eigenvalue weighted by Gasteiger charge is -2.07. The van der Waals surface area contributed by atoms with Crippen LogP contribution in [0.4, 0.5) is 20.2 Å². The van der Waals surface area contributed by atoms with Gasteiger partial charge in [-0.2, -0.15) is 8.78 Å². The zero-order chi connectivity index (χ0) is 20.0. The summed E-state index contributed by atoms with van der Waals surface area (Å²) in [6.45, 7) is 0. The Hall–Kier alpha value is -2.66. The van der Waals surface area contributed by atoms with Gasteiger partial charge < -0.3 is 11.1 Å². The number of amides is 2. The second-order valence-electron chi connectivity index (χ2n) is 5.04. The molecule has 2 aromatic carbocycles. The summed E-state index contributed by atoms with van der Waals surface area (Å²) in [5, 5.41) is 13.7. The van der Waals surface area contributed by atoms with Crippen LogP contribution in [0.5, 0.6) is 0 Å². The highest BCUT2D eigenvalue weighted by Gasteiger charge is 2.18. The molecule has 0 aliphatic rings. The molecule has 0 fully saturated rings. The van der Waals surface area contributed by atoms with E-state index in [1.165, 1.54) is 36.4 Å². The lowest BCUT2D eigenvalue weighted by Crippen LogP contribution is -2.14. The number of rotatable bonds is 8. The van der Waals surface area contributed by atoms with Crippen molar-refractivity contribution in [1.82, 2.24) is 0 Å². The zero-order valence-electron chi connectivity index (χ0n) is 13.6. The fourth-order valence-corrected chi connectivity index (χ4v) is 3.30. The van der Waals surface area contributed by atoms with Crippen LogP contribution >= 0.6 is 23.5 Å². The first kappa shape index (κ1) is 20.6. The summed E-state index contributed by atoms with van der Waals surface area (Å²) in [6.07, 6.45) is 0. The number of halogens is 2. The summed E-state index contributed by atoms with van der Waals surface area (Å²) in [5.41, 5.74) is 5.19. The summed E-state index contributed by atoms with van der Waals surface area (Å²) < 4.78 is 24.5. The Balaban J connectivity index is 1.99. The van der Waals surface area contributed by atoms with E-state index in [0.29, 0.717) is 22.3 Å². The quantitative estimate of drug-likeness (QED) is 0.387. The normalized spacial score (nSPS) is 10.6. The topological polar surface area (TPSA) is 115 Å². The van der Waals surface area contributed by atoms with E-state index in [1.54, 1.807) is 0 Å². The van der Waals surface area contributed by atoms with Gasteiger partial charge in [0.25, 0.3) is 11.4 Å². The van der Waals surface area contributed by atoms with Crippen LogP contribution in [0.3, 0.4) is 0 Å². The second-order valence-corrected chi connectivity index (χ2v) is 7.12. The number of nitrogens with two attached hydrogens (primary N) is 1. The average Bonchev–Trinajstić information content (AvgIpc) is 2.61. The Morgan fingerprint density at radius 1 is 1.19 bits per heavy atom. The van der Waals surface area contributed by atoms with E-state index in [4.69, 9.17) is 5.73 Å². The molecule has 0 spiro atoms. The van der Waals surface area contributed by atoms with E-state index >= 15 is 0 Å². The molecule has 2 rings (SSSR count). The number of anilines is 1. The van der Waals surface area contributed by atoms with Gasteiger partial charge in [0.15, 0.2) is 0 Å². The smallest absolute Gasteiger partial charge is 0.288 e. The van der Waals surface area contributed by atoms with Gasteiger partial charge in [-0.25, -0.2) is 0 Å². The first-order valence-electron chi connectivity index (χ1n) is 7.32. The number of nitro benzene ring substituents is 1. The van der Waals surface area contributed by atoms with Crippen LogP contribution in [0, 0.1) is 10.1 Å². The summed E-state index contributed by atoms with van der Waals surface area (Å²) in [6, 6.07) is 9.62. The summed E-state index contributed by atoms with van der Waals surface area (Å²) in [5.74, 6) is -3.87. The highest BCUT2D eigenvalue weighted by Crippen LogP contribution is 2.30. The van der Waals surface area contributed by atoms with Crippen molar-refractivity contribution in [3.63, 3.8) is 0 Å². The molecule has 0 atom stereocenters. The van der Waals surface area contributed by atoms with E-state index in [1.807, 2.05) is 0 Å². The zero-order valence-corrected chi connectivity index (χ0v) is 15.2. The number of hydrogen-bond acceptors (Lipinski definition) is 6. The van der Waals surface area contributed by atoms with Crippen LogP contribution in [-0.2, 0) is 4.79 Å². The summed E-state index contributed by atoms with van der Waals surface area (Å²) >= 11 is 1.32. The lowest BCUT2D eigenvalue weighted by molar-refractivity contribution is -0.387. The van der Waals surface area contributed by atoms with Crippen LogP contribution in [-0.4, -0.2) is 28.2 Å². The van der Waals surface area contributed by atoms with Crippen LogP contribution in [0.15, 0.2) is 52.3 Å². The number of nitro groups is 1. The highest BCUT2D eigenvalue weighted by molar-refractivity contribution is 8.00. The Bertz CT molecular complexity index is 863. The van der Waals surface area contributed by atoms with Crippen molar-refractivity contribution < 1.29 is 23.3 Å². The molecule has 2 amide bonds. The van der Waals surface area contributed by atoms with Gasteiger partial charge in [-0.1, -0.05) is 11.8 Å². The fraction of sp³-hybridized carbons (Fsp3) is 0.125. The molecule has 0 radical (unpaired) electrons. The number of benzene rings is 2. The number of carbonyl (C=O) groups is 2. The number of primary amides is 1. The monoisotopic (exact) mass is 413 g/mol. The SMILES string of the molecule is NC(=O)c1ccc(SCC(=O)Nc2ccc(SC(F)F)cc2)c([N+](=O)[O-])c1. The van der Waals surface area contributed by atoms with Gasteiger partial charge in [0.2, 0.25) is 11.8 Å². The molecular weight excluding hydrogens is 400 g/mol. The van der Waals surface area contributed by atoms with Crippen LogP contribution in [0.25, 0.3) is 0 Å². The van der Waals surface area contributed by atoms with Crippen molar-refractivity contribution in [2.75, 3.05) is 11.1 Å². The van der Waals surface area contributed by atoms with Crippen molar-refractivity contribution in [2.45, 2.75) is 15.5 Å². The molecule has 0 saturated heterocycles. The van der Waals surface area contributed by atoms with Gasteiger partial charge in [-0.15, -0.1) is 11.8 Å². The number of carbonyl (C=O) groups excluding carboxylic acids is 2. The second kappa shape index (κ2) is 9.33. The highest BCUT2D eigenvalue weighted by atomic mass is 32.2. The molecule has 27 heavy (non-hydrogen) atoms. The minimum atomic E-state index is -2.53. The van der Waals surface area contributed by atoms with Gasteiger partial charge >= 0.3 is 0 Å². The van der Waals surface area contributed by atoms with E-state index in [0.717, 1.165) is 17.8 Å². The number of hydrogen-bond donors (Lipinski definition) is 2. The standard InChI is InChI=1S/C16H13F2N3O4S2/c17-16(18)27-11-4-2-10(3-5-11)20-14(22)8-26-13-6-1-9(15(19)23)7-12(13)21(24)25/h1-7,16H,8H2,(H2,19,23)(H,20,22). The molecule has 3 N–H and O–H groups in total. The van der Waals surface area contributed by atoms with E-state index in [-0.39, 0.29) is 21.9 Å². The van der Waals surface area contributed by atoms with Crippen molar-refractivity contribution in [1.29, 1.82) is 0 Å².